The second-order valence-corrected chi connectivity index (χ2v) is 14.2. The largest absolute Gasteiger partial charge is 0.507 e. The monoisotopic (exact) mass is 903 g/mol. The third-order valence-electron chi connectivity index (χ3n) is 10.5. The van der Waals surface area contributed by atoms with E-state index in [9.17, 15) is 20.0 Å². The molecule has 6 aliphatic heterocycles. The number of nitrogens with one attached hydrogen (secondary N) is 1. The van der Waals surface area contributed by atoms with Crippen LogP contribution in [0, 0.1) is 76.2 Å². The summed E-state index contributed by atoms with van der Waals surface area (Å²) >= 11 is 1.45. The van der Waals surface area contributed by atoms with Crippen LogP contribution in [0.3, 0.4) is 0 Å². The first kappa shape index (κ1) is 36.3. The molecule has 0 saturated carbocycles. The summed E-state index contributed by atoms with van der Waals surface area (Å²) in [6.45, 7) is 7.58. The normalized spacial score (nSPS) is 28.4. The molecule has 12 nitrogen and oxygen atoms in total. The van der Waals surface area contributed by atoms with Crippen molar-refractivity contribution in [2.75, 3.05) is 40.1 Å². The fourth-order valence-corrected chi connectivity index (χ4v) is 9.84. The fraction of sp³-hybridized carbons (Fsp3) is 0.514. The first-order valence-electron chi connectivity index (χ1n) is 16.1. The van der Waals surface area contributed by atoms with E-state index in [0.717, 1.165) is 28.0 Å². The second kappa shape index (κ2) is 14.2. The average molecular weight is 904 g/mol. The molecule has 1 unspecified atom stereocenters. The number of methoxy groups -OCH3 is 1. The Morgan fingerprint density at radius 3 is 2.65 bits per heavy atom. The minimum absolute atomic E-state index is 0. The van der Waals surface area contributed by atoms with Gasteiger partial charge in [0.15, 0.2) is 18.3 Å². The van der Waals surface area contributed by atoms with Crippen LogP contribution in [0.15, 0.2) is 18.2 Å². The molecule has 14 heteroatoms. The van der Waals surface area contributed by atoms with Gasteiger partial charge in [-0.15, -0.1) is 11.8 Å². The zero-order valence-electron chi connectivity index (χ0n) is 28.4. The van der Waals surface area contributed by atoms with Crippen LogP contribution in [-0.2, 0) is 25.5 Å². The van der Waals surface area contributed by atoms with E-state index in [1.165, 1.54) is 17.8 Å². The number of aryl methyl sites for hydroxylation is 1. The maximum absolute atomic E-state index is 13.6. The summed E-state index contributed by atoms with van der Waals surface area (Å²) in [7, 11) is 3.65. The number of piperazine rings is 1. The van der Waals surface area contributed by atoms with Gasteiger partial charge in [0.2, 0.25) is 12.7 Å². The van der Waals surface area contributed by atoms with E-state index in [0.29, 0.717) is 34.6 Å². The Balaban J connectivity index is 0.00000417. The number of rotatable bonds is 5. The summed E-state index contributed by atoms with van der Waals surface area (Å²) < 4.78 is 29.7. The van der Waals surface area contributed by atoms with Gasteiger partial charge in [0, 0.05) is 91.3 Å². The molecule has 4 bridgehead atoms. The Hall–Kier alpha value is -2.52. The van der Waals surface area contributed by atoms with E-state index in [1.807, 2.05) is 6.92 Å². The Labute approximate surface area is 325 Å². The van der Waals surface area contributed by atoms with Crippen LogP contribution >= 0.6 is 11.8 Å². The third-order valence-corrected chi connectivity index (χ3v) is 11.9. The number of carbonyl (C=O) groups excluding carboxylic acids is 2. The molecule has 2 aromatic rings. The summed E-state index contributed by atoms with van der Waals surface area (Å²) in [5.74, 6) is 0.994. The molecule has 0 aliphatic carbocycles. The minimum atomic E-state index is -0.933. The summed E-state index contributed by atoms with van der Waals surface area (Å²) in [6, 6.07) is 1.79. The van der Waals surface area contributed by atoms with E-state index in [2.05, 4.69) is 41.2 Å². The zero-order chi connectivity index (χ0) is 34.0. The van der Waals surface area contributed by atoms with E-state index in [4.69, 9.17) is 23.7 Å². The van der Waals surface area contributed by atoms with E-state index < -0.39 is 35.3 Å². The molecule has 7 atom stereocenters. The van der Waals surface area contributed by atoms with Crippen LogP contribution in [-0.4, -0.2) is 91.1 Å². The summed E-state index contributed by atoms with van der Waals surface area (Å²) in [4.78, 5) is 30.7. The van der Waals surface area contributed by atoms with Crippen molar-refractivity contribution < 1.29 is 82.4 Å². The smallest absolute Gasteiger partial charge is 0.329 e. The molecule has 2 N–H and O–H groups in total. The number of fused-ring (bicyclic) bond motifs is 10. The fourth-order valence-electron chi connectivity index (χ4n) is 8.33. The number of thioether (sulfide) groups is 1. The number of benzene rings is 2. The maximum Gasteiger partial charge on any atom is 0.329 e. The number of amides is 1. The molecule has 8 rings (SSSR count). The van der Waals surface area contributed by atoms with Crippen LogP contribution in [0.25, 0.3) is 0 Å². The average Bonchev–Trinajstić information content (AvgIpc) is 3.55. The molecule has 0 spiro atoms. The van der Waals surface area contributed by atoms with Gasteiger partial charge in [0.05, 0.1) is 23.4 Å². The van der Waals surface area contributed by atoms with Crippen molar-refractivity contribution in [3.05, 3.63) is 57.2 Å². The number of carbonyl (C=O) groups is 2. The van der Waals surface area contributed by atoms with E-state index >= 15 is 0 Å². The maximum atomic E-state index is 13.6. The number of phenols is 1. The molecule has 0 aromatic heterocycles. The molecule has 2 saturated heterocycles. The Bertz CT molecular complexity index is 1760. The number of nitrogens with zero attached hydrogens (tertiary/aromatic N) is 3. The zero-order valence-corrected chi connectivity index (χ0v) is 34.0. The van der Waals surface area contributed by atoms with Crippen molar-refractivity contribution in [1.29, 1.82) is 5.26 Å². The van der Waals surface area contributed by atoms with Gasteiger partial charge < -0.3 is 34.1 Å². The predicted molar refractivity (Wildman–Crippen MR) is 176 cm³/mol. The number of phenolic OH excluding ortho intramolecular Hbond substituents is 1. The quantitative estimate of drug-likeness (QED) is 0.257. The van der Waals surface area contributed by atoms with Gasteiger partial charge in [-0.2, -0.15) is 5.26 Å². The van der Waals surface area contributed by atoms with Crippen LogP contribution in [0.5, 0.6) is 23.0 Å². The van der Waals surface area contributed by atoms with Crippen molar-refractivity contribution in [2.24, 2.45) is 0 Å². The second-order valence-electron chi connectivity index (χ2n) is 13.0. The van der Waals surface area contributed by atoms with Gasteiger partial charge >= 0.3 is 5.97 Å². The summed E-state index contributed by atoms with van der Waals surface area (Å²) in [6.07, 6.45) is 3.59. The van der Waals surface area contributed by atoms with Crippen molar-refractivity contribution >= 4 is 23.6 Å². The van der Waals surface area contributed by atoms with Gasteiger partial charge in [0.1, 0.15) is 30.2 Å². The number of hydrogen-bond acceptors (Lipinski definition) is 12. The minimum Gasteiger partial charge on any atom is -0.507 e. The van der Waals surface area contributed by atoms with E-state index in [-0.39, 0.29) is 93.9 Å². The SMILES string of the molecule is C/C=C/C(=O)N[C@H]1CS[C@@H]2c3c(O)c(C)c4c(c3[C@H](COC1=O)N1C2[C@H]2c3c(cc(C)c(C)c3OCOC)C[C@@H]([C@@H]1C#N)N2C)OCO4.[Ac]. The third kappa shape index (κ3) is 5.73. The van der Waals surface area contributed by atoms with Crippen molar-refractivity contribution in [1.82, 2.24) is 15.1 Å². The molecule has 6 heterocycles. The summed E-state index contributed by atoms with van der Waals surface area (Å²) in [5.41, 5.74) is 6.14. The van der Waals surface area contributed by atoms with Gasteiger partial charge in [-0.05, 0) is 63.9 Å². The molecule has 1 radical (unpaired) electrons. The number of likely N-dealkylation sites (N-methyl/N-ethyl adjacent to an activating group) is 1. The van der Waals surface area contributed by atoms with Crippen LogP contribution in [0.2, 0.25) is 0 Å². The number of nitriles is 1. The topological polar surface area (TPSA) is 143 Å². The molecule has 6 aliphatic rings. The first-order chi connectivity index (χ1) is 23.1. The molecule has 2 fully saturated rings. The Morgan fingerprint density at radius 2 is 1.94 bits per heavy atom. The summed E-state index contributed by atoms with van der Waals surface area (Å²) in [5, 5.41) is 25.3. The van der Waals surface area contributed by atoms with Gasteiger partial charge in [0.25, 0.3) is 0 Å². The number of ether oxygens (including phenoxy) is 5. The number of allylic oxidation sites excluding steroid dienone is 1. The van der Waals surface area contributed by atoms with Crippen molar-refractivity contribution in [3.8, 4) is 29.1 Å². The van der Waals surface area contributed by atoms with Gasteiger partial charge in [-0.1, -0.05) is 12.1 Å². The molecule has 257 valence electrons. The van der Waals surface area contributed by atoms with Crippen LogP contribution in [0.1, 0.15) is 63.2 Å². The molecule has 1 amide bonds. The Morgan fingerprint density at radius 1 is 1.18 bits per heavy atom. The molecule has 49 heavy (non-hydrogen) atoms. The Kier molecular flexibility index (Phi) is 10.5. The van der Waals surface area contributed by atoms with Crippen LogP contribution < -0.4 is 19.5 Å². The number of hydrogen-bond donors (Lipinski definition) is 2. The van der Waals surface area contributed by atoms with Crippen molar-refractivity contribution in [2.45, 2.75) is 75.6 Å². The first-order valence-corrected chi connectivity index (χ1v) is 17.2. The van der Waals surface area contributed by atoms with Crippen molar-refractivity contribution in [3.63, 3.8) is 0 Å². The van der Waals surface area contributed by atoms with E-state index in [1.54, 1.807) is 27.0 Å². The predicted octanol–water partition coefficient (Wildman–Crippen LogP) is 3.65. The molecular formula is C35H40AcN4O8S. The molecular weight excluding hydrogens is 863 g/mol. The standard InChI is InChI=1S/C35H40N4O8S.Ac/c1-7-8-24(40)37-20-13-48-34-27-26(33-32(46-15-47-33)18(4)30(27)41)23(12-44-35(20)42)39-22(11-36)21-10-19-9-16(2)17(3)31(45-14-43-6)25(19)28(29(34)39)38(21)5;/h7-9,20-23,28-29,34,41H,10,12-15H2,1-6H3,(H,37,40);/b8-7+;/t20-,21-,22-,23-,28+,29?,34+;/m0./s1. The number of aromatic hydroxyl groups is 1. The van der Waals surface area contributed by atoms with Gasteiger partial charge in [-0.3, -0.25) is 14.6 Å². The van der Waals surface area contributed by atoms with Crippen LogP contribution in [0.4, 0.5) is 0 Å². The number of esters is 1. The van der Waals surface area contributed by atoms with Gasteiger partial charge in [-0.25, -0.2) is 4.79 Å². The molecule has 2 aromatic carbocycles.